The fraction of sp³-hybridized carbons (Fsp3) is 0.778. The molecule has 1 aromatic rings. The smallest absolute Gasteiger partial charge is 0.282 e. The molecule has 0 aromatic carbocycles. The number of likely N-dealkylation sites (N-methyl/N-ethyl adjacent to an activating group) is 1. The van der Waals surface area contributed by atoms with E-state index in [0.29, 0.717) is 10.9 Å². The molecule has 2 fully saturated rings. The summed E-state index contributed by atoms with van der Waals surface area (Å²) >= 11 is 1.50. The number of carbonyl (C=O) groups excluding carboxylic acids is 1. The van der Waals surface area contributed by atoms with Gasteiger partial charge in [-0.3, -0.25) is 9.69 Å². The lowest BCUT2D eigenvalue weighted by molar-refractivity contribution is 0.0316. The lowest BCUT2D eigenvalue weighted by Gasteiger charge is -2.47. The number of rotatable bonds is 2. The maximum Gasteiger partial charge on any atom is 0.282 e. The fourth-order valence-corrected chi connectivity index (χ4v) is 4.77. The van der Waals surface area contributed by atoms with Gasteiger partial charge in [-0.2, -0.15) is 0 Å². The van der Waals surface area contributed by atoms with Crippen LogP contribution in [0.15, 0.2) is 5.38 Å². The van der Waals surface area contributed by atoms with Gasteiger partial charge in [0, 0.05) is 30.6 Å². The van der Waals surface area contributed by atoms with Gasteiger partial charge in [-0.15, -0.1) is 11.3 Å². The zero-order chi connectivity index (χ0) is 17.3. The molecular weight excluding hydrogens is 320 g/mol. The van der Waals surface area contributed by atoms with E-state index in [0.717, 1.165) is 57.7 Å². The predicted octanol–water partition coefficient (Wildman–Crippen LogP) is 2.51. The highest BCUT2D eigenvalue weighted by atomic mass is 32.1. The second kappa shape index (κ2) is 7.10. The number of hydrogen-bond donors (Lipinski definition) is 0. The van der Waals surface area contributed by atoms with Crippen molar-refractivity contribution >= 4 is 17.2 Å². The van der Waals surface area contributed by atoms with Crippen LogP contribution in [0.3, 0.4) is 0 Å². The molecule has 2 aliphatic heterocycles. The van der Waals surface area contributed by atoms with Gasteiger partial charge >= 0.3 is 0 Å². The topological polar surface area (TPSA) is 39.7 Å². The van der Waals surface area contributed by atoms with Crippen molar-refractivity contribution in [1.82, 2.24) is 19.7 Å². The molecule has 24 heavy (non-hydrogen) atoms. The SMILES string of the molecule is CC(C)c1csc(C(=O)N2CCCN(C)C3(CCN(C)CC3)C2)n1. The van der Waals surface area contributed by atoms with Crippen molar-refractivity contribution < 1.29 is 4.79 Å². The first-order valence-electron chi connectivity index (χ1n) is 9.06. The molecule has 2 saturated heterocycles. The number of aromatic nitrogens is 1. The molecule has 3 rings (SSSR count). The van der Waals surface area contributed by atoms with Gasteiger partial charge in [-0.05, 0) is 52.4 Å². The third kappa shape index (κ3) is 3.51. The summed E-state index contributed by atoms with van der Waals surface area (Å²) < 4.78 is 0. The molecule has 0 saturated carbocycles. The molecule has 0 N–H and O–H groups in total. The first-order valence-corrected chi connectivity index (χ1v) is 9.94. The van der Waals surface area contributed by atoms with Crippen molar-refractivity contribution in [1.29, 1.82) is 0 Å². The van der Waals surface area contributed by atoms with Crippen molar-refractivity contribution in [3.63, 3.8) is 0 Å². The summed E-state index contributed by atoms with van der Waals surface area (Å²) in [5, 5.41) is 2.69. The standard InChI is InChI=1S/C18H30N4OS/c1-14(2)15-12-24-16(19-15)17(23)22-9-5-8-21(4)18(13-22)6-10-20(3)11-7-18/h12,14H,5-11,13H2,1-4H3. The van der Waals surface area contributed by atoms with Gasteiger partial charge < -0.3 is 9.80 Å². The summed E-state index contributed by atoms with van der Waals surface area (Å²) in [6, 6.07) is 0. The minimum Gasteiger partial charge on any atom is -0.335 e. The normalized spacial score (nSPS) is 23.0. The summed E-state index contributed by atoms with van der Waals surface area (Å²) in [5.74, 6) is 0.499. The predicted molar refractivity (Wildman–Crippen MR) is 98.8 cm³/mol. The van der Waals surface area contributed by atoms with Crippen LogP contribution >= 0.6 is 11.3 Å². The Morgan fingerprint density at radius 1 is 1.21 bits per heavy atom. The minimum absolute atomic E-state index is 0.125. The zero-order valence-electron chi connectivity index (χ0n) is 15.4. The first-order chi connectivity index (χ1) is 11.4. The summed E-state index contributed by atoms with van der Waals surface area (Å²) in [4.78, 5) is 24.6. The number of carbonyl (C=O) groups is 1. The van der Waals surface area contributed by atoms with Crippen LogP contribution < -0.4 is 0 Å². The summed E-state index contributed by atoms with van der Waals surface area (Å²) in [5.41, 5.74) is 1.17. The highest BCUT2D eigenvalue weighted by Crippen LogP contribution is 2.31. The molecule has 134 valence electrons. The molecule has 1 spiro atoms. The van der Waals surface area contributed by atoms with Crippen LogP contribution in [0.25, 0.3) is 0 Å². The highest BCUT2D eigenvalue weighted by Gasteiger charge is 2.41. The van der Waals surface area contributed by atoms with Gasteiger partial charge in [-0.1, -0.05) is 13.8 Å². The van der Waals surface area contributed by atoms with Crippen LogP contribution in [-0.4, -0.2) is 77.9 Å². The molecule has 5 nitrogen and oxygen atoms in total. The Kier molecular flexibility index (Phi) is 5.27. The van der Waals surface area contributed by atoms with Crippen LogP contribution in [0, 0.1) is 0 Å². The molecule has 1 amide bonds. The van der Waals surface area contributed by atoms with Crippen LogP contribution in [0.1, 0.15) is 54.5 Å². The molecule has 3 heterocycles. The Labute approximate surface area is 149 Å². The van der Waals surface area contributed by atoms with E-state index in [4.69, 9.17) is 0 Å². The lowest BCUT2D eigenvalue weighted by atomic mass is 9.85. The largest absolute Gasteiger partial charge is 0.335 e. The van der Waals surface area contributed by atoms with Gasteiger partial charge in [0.1, 0.15) is 0 Å². The Bertz CT molecular complexity index is 577. The molecule has 0 radical (unpaired) electrons. The molecule has 0 bridgehead atoms. The summed E-state index contributed by atoms with van der Waals surface area (Å²) in [6.45, 7) is 9.23. The van der Waals surface area contributed by atoms with E-state index in [-0.39, 0.29) is 11.4 Å². The van der Waals surface area contributed by atoms with Gasteiger partial charge in [0.25, 0.3) is 5.91 Å². The Morgan fingerprint density at radius 3 is 2.54 bits per heavy atom. The van der Waals surface area contributed by atoms with Crippen LogP contribution in [-0.2, 0) is 0 Å². The molecule has 1 aromatic heterocycles. The van der Waals surface area contributed by atoms with Crippen LogP contribution in [0.4, 0.5) is 0 Å². The maximum atomic E-state index is 13.0. The third-order valence-corrected chi connectivity index (χ3v) is 6.57. The molecule has 0 unspecified atom stereocenters. The highest BCUT2D eigenvalue weighted by molar-refractivity contribution is 7.11. The fourth-order valence-electron chi connectivity index (χ4n) is 3.82. The number of piperidine rings is 1. The maximum absolute atomic E-state index is 13.0. The van der Waals surface area contributed by atoms with Crippen LogP contribution in [0.2, 0.25) is 0 Å². The van der Waals surface area contributed by atoms with Gasteiger partial charge in [0.2, 0.25) is 0 Å². The minimum atomic E-state index is 0.125. The number of hydrogen-bond acceptors (Lipinski definition) is 5. The number of nitrogens with zero attached hydrogens (tertiary/aromatic N) is 4. The molecule has 6 heteroatoms. The third-order valence-electron chi connectivity index (χ3n) is 5.72. The van der Waals surface area contributed by atoms with Gasteiger partial charge in [-0.25, -0.2) is 4.98 Å². The van der Waals surface area contributed by atoms with Crippen molar-refractivity contribution in [2.75, 3.05) is 46.8 Å². The van der Waals surface area contributed by atoms with E-state index in [9.17, 15) is 4.79 Å². The van der Waals surface area contributed by atoms with E-state index in [2.05, 4.69) is 47.6 Å². The quantitative estimate of drug-likeness (QED) is 0.822. The second-order valence-corrected chi connectivity index (χ2v) is 8.62. The summed E-state index contributed by atoms with van der Waals surface area (Å²) in [6.07, 6.45) is 3.32. The summed E-state index contributed by atoms with van der Waals surface area (Å²) in [7, 11) is 4.43. The van der Waals surface area contributed by atoms with E-state index in [1.54, 1.807) is 0 Å². The molecule has 2 aliphatic rings. The second-order valence-electron chi connectivity index (χ2n) is 7.76. The van der Waals surface area contributed by atoms with Crippen LogP contribution in [0.5, 0.6) is 0 Å². The van der Waals surface area contributed by atoms with E-state index < -0.39 is 0 Å². The van der Waals surface area contributed by atoms with Crippen molar-refractivity contribution in [2.45, 2.75) is 44.6 Å². The average molecular weight is 351 g/mol. The van der Waals surface area contributed by atoms with Crippen molar-refractivity contribution in [3.8, 4) is 0 Å². The number of amides is 1. The lowest BCUT2D eigenvalue weighted by Crippen LogP contribution is -2.58. The van der Waals surface area contributed by atoms with E-state index in [1.165, 1.54) is 11.3 Å². The Balaban J connectivity index is 1.78. The zero-order valence-corrected chi connectivity index (χ0v) is 16.2. The molecular formula is C18H30N4OS. The Morgan fingerprint density at radius 2 is 1.92 bits per heavy atom. The first kappa shape index (κ1) is 17.8. The van der Waals surface area contributed by atoms with Gasteiger partial charge in [0.05, 0.1) is 5.69 Å². The molecule has 0 aliphatic carbocycles. The van der Waals surface area contributed by atoms with E-state index in [1.807, 2.05) is 5.38 Å². The van der Waals surface area contributed by atoms with Crippen molar-refractivity contribution in [3.05, 3.63) is 16.1 Å². The molecule has 0 atom stereocenters. The monoisotopic (exact) mass is 350 g/mol. The Hall–Kier alpha value is -0.980. The number of thiazole rings is 1. The van der Waals surface area contributed by atoms with Crippen molar-refractivity contribution in [2.24, 2.45) is 0 Å². The average Bonchev–Trinajstić information content (AvgIpc) is 2.99. The number of likely N-dealkylation sites (tertiary alicyclic amines) is 1. The van der Waals surface area contributed by atoms with Gasteiger partial charge in [0.15, 0.2) is 5.01 Å². The van der Waals surface area contributed by atoms with E-state index >= 15 is 0 Å².